The summed E-state index contributed by atoms with van der Waals surface area (Å²) in [5.41, 5.74) is 7.84. The number of quaternary nitrogens is 2. The molecular formula is C37H76N4O5S+2. The van der Waals surface area contributed by atoms with Crippen LogP contribution in [-0.2, 0) is 14.6 Å². The van der Waals surface area contributed by atoms with Gasteiger partial charge in [0, 0.05) is 12.5 Å². The first-order chi connectivity index (χ1) is 22.2. The zero-order valence-electron chi connectivity index (χ0n) is 31.2. The van der Waals surface area contributed by atoms with Gasteiger partial charge in [0.05, 0.1) is 25.3 Å². The lowest BCUT2D eigenvalue weighted by molar-refractivity contribution is -0.404. The van der Waals surface area contributed by atoms with Crippen molar-refractivity contribution >= 4 is 10.4 Å². The maximum Gasteiger partial charge on any atom is 0.397 e. The van der Waals surface area contributed by atoms with Gasteiger partial charge in [-0.25, -0.2) is 4.18 Å². The monoisotopic (exact) mass is 689 g/mol. The highest BCUT2D eigenvalue weighted by molar-refractivity contribution is 7.80. The average Bonchev–Trinajstić information content (AvgIpc) is 3.36. The van der Waals surface area contributed by atoms with Crippen LogP contribution in [0.4, 0.5) is 0 Å². The lowest BCUT2D eigenvalue weighted by Crippen LogP contribution is -2.59. The fourth-order valence-corrected chi connectivity index (χ4v) is 11.4. The molecule has 0 heterocycles. The maximum absolute atomic E-state index is 11.8. The Morgan fingerprint density at radius 3 is 2.15 bits per heavy atom. The zero-order chi connectivity index (χ0) is 34.8. The van der Waals surface area contributed by atoms with Crippen LogP contribution in [0.25, 0.3) is 0 Å². The second-order valence-electron chi connectivity index (χ2n) is 16.8. The van der Waals surface area contributed by atoms with Gasteiger partial charge in [-0.2, -0.15) is 8.42 Å². The molecule has 0 amide bonds. The smallest absolute Gasteiger partial charge is 0.393 e. The van der Waals surface area contributed by atoms with E-state index in [1.54, 1.807) is 0 Å². The molecule has 0 radical (unpaired) electrons. The second-order valence-corrected chi connectivity index (χ2v) is 17.9. The predicted molar refractivity (Wildman–Crippen MR) is 191 cm³/mol. The first-order valence-electron chi connectivity index (χ1n) is 19.6. The van der Waals surface area contributed by atoms with E-state index in [9.17, 15) is 18.1 Å². The normalized spacial score (nSPS) is 36.5. The van der Waals surface area contributed by atoms with Gasteiger partial charge in [0.2, 0.25) is 0 Å². The molecule has 47 heavy (non-hydrogen) atoms. The van der Waals surface area contributed by atoms with E-state index in [1.165, 1.54) is 70.6 Å². The fourth-order valence-electron chi connectivity index (χ4n) is 10.8. The molecule has 0 saturated heterocycles. The summed E-state index contributed by atoms with van der Waals surface area (Å²) in [5.74, 6) is 3.26. The molecule has 4 rings (SSSR count). The molecule has 4 unspecified atom stereocenters. The number of hydrogen-bond acceptors (Lipinski definition) is 6. The number of unbranched alkanes of at least 4 members (excludes halogenated alkanes) is 1. The van der Waals surface area contributed by atoms with Gasteiger partial charge in [-0.3, -0.25) is 4.55 Å². The topological polar surface area (TPSA) is 163 Å². The van der Waals surface area contributed by atoms with Crippen LogP contribution in [0.1, 0.15) is 131 Å². The Morgan fingerprint density at radius 2 is 1.53 bits per heavy atom. The molecule has 0 aliphatic heterocycles. The minimum Gasteiger partial charge on any atom is -0.393 e. The molecular weight excluding hydrogens is 612 g/mol. The summed E-state index contributed by atoms with van der Waals surface area (Å²) in [6.45, 7) is 18.9. The van der Waals surface area contributed by atoms with Crippen molar-refractivity contribution in [3.63, 3.8) is 0 Å². The van der Waals surface area contributed by atoms with Gasteiger partial charge in [0.1, 0.15) is 0 Å². The van der Waals surface area contributed by atoms with Gasteiger partial charge in [-0.1, -0.05) is 48.0 Å². The number of nitrogens with one attached hydrogen (secondary N) is 2. The first kappa shape index (κ1) is 41.1. The average molecular weight is 689 g/mol. The maximum atomic E-state index is 11.8. The number of fused-ring (bicyclic) bond motifs is 5. The first-order valence-corrected chi connectivity index (χ1v) is 20.9. The van der Waals surface area contributed by atoms with Crippen molar-refractivity contribution in [3.8, 4) is 0 Å². The predicted octanol–water partition coefficient (Wildman–Crippen LogP) is 4.47. The molecule has 4 aliphatic carbocycles. The zero-order valence-corrected chi connectivity index (χ0v) is 32.0. The van der Waals surface area contributed by atoms with Crippen LogP contribution in [0.2, 0.25) is 0 Å². The minimum atomic E-state index is -4.45. The number of aliphatic hydroxyl groups is 1. The van der Waals surface area contributed by atoms with Crippen molar-refractivity contribution in [2.24, 2.45) is 52.3 Å². The van der Waals surface area contributed by atoms with Crippen LogP contribution in [-0.4, -0.2) is 69.1 Å². The molecule has 4 saturated carbocycles. The van der Waals surface area contributed by atoms with Crippen molar-refractivity contribution in [2.75, 3.05) is 32.7 Å². The largest absolute Gasteiger partial charge is 0.397 e. The van der Waals surface area contributed by atoms with Crippen LogP contribution >= 0.6 is 0 Å². The van der Waals surface area contributed by atoms with Crippen molar-refractivity contribution in [3.05, 3.63) is 0 Å². The van der Waals surface area contributed by atoms with Crippen LogP contribution in [0.15, 0.2) is 0 Å². The van der Waals surface area contributed by atoms with Gasteiger partial charge in [0.15, 0.2) is 0 Å². The van der Waals surface area contributed by atoms with Gasteiger partial charge in [-0.15, -0.1) is 0 Å². The summed E-state index contributed by atoms with van der Waals surface area (Å²) >= 11 is 0. The molecule has 11 atom stereocenters. The highest BCUT2D eigenvalue weighted by atomic mass is 32.3. The molecule has 10 heteroatoms. The van der Waals surface area contributed by atoms with Crippen LogP contribution < -0.4 is 22.1 Å². The number of aliphatic hydroxyl groups excluding tert-OH is 1. The van der Waals surface area contributed by atoms with E-state index in [0.717, 1.165) is 45.6 Å². The van der Waals surface area contributed by atoms with Crippen molar-refractivity contribution in [1.82, 2.24) is 10.6 Å². The van der Waals surface area contributed by atoms with Crippen LogP contribution in [0.5, 0.6) is 0 Å². The highest BCUT2D eigenvalue weighted by Gasteiger charge is 2.62. The summed E-state index contributed by atoms with van der Waals surface area (Å²) in [4.78, 5) is 0. The molecule has 0 spiro atoms. The third kappa shape index (κ3) is 10.8. The molecule has 0 aromatic carbocycles. The van der Waals surface area contributed by atoms with E-state index in [-0.39, 0.29) is 17.4 Å². The van der Waals surface area contributed by atoms with Gasteiger partial charge in [-0.05, 0) is 149 Å². The molecule has 10 N–H and O–H groups in total. The molecule has 0 aromatic heterocycles. The van der Waals surface area contributed by atoms with E-state index in [4.69, 9.17) is 4.18 Å². The highest BCUT2D eigenvalue weighted by Crippen LogP contribution is 2.68. The summed E-state index contributed by atoms with van der Waals surface area (Å²) in [6, 6.07) is 0.590. The van der Waals surface area contributed by atoms with Crippen LogP contribution in [0, 0.1) is 52.3 Å². The molecule has 0 aromatic rings. The third-order valence-corrected chi connectivity index (χ3v) is 14.0. The fraction of sp³-hybridized carbons (Fsp3) is 1.00. The summed E-state index contributed by atoms with van der Waals surface area (Å²) in [5, 5.41) is 19.2. The Kier molecular flexibility index (Phi) is 16.4. The lowest BCUT2D eigenvalue weighted by atomic mass is 9.43. The van der Waals surface area contributed by atoms with E-state index in [1.807, 2.05) is 13.8 Å². The molecule has 4 fully saturated rings. The van der Waals surface area contributed by atoms with Crippen molar-refractivity contribution < 1.29 is 33.7 Å². The molecule has 0 bridgehead atoms. The van der Waals surface area contributed by atoms with Crippen molar-refractivity contribution in [2.45, 2.75) is 150 Å². The molecule has 4 aliphatic rings. The second kappa shape index (κ2) is 18.8. The van der Waals surface area contributed by atoms with Gasteiger partial charge < -0.3 is 27.2 Å². The quantitative estimate of drug-likeness (QED) is 0.0970. The lowest BCUT2D eigenvalue weighted by Gasteiger charge is -2.62. The van der Waals surface area contributed by atoms with E-state index in [0.29, 0.717) is 53.4 Å². The SMILES string of the molecule is CCCCNCCCN[C@H]1CC[C@]2(C)C3CC[C@@]4(C)C(CCC4[C@H](C)CC[C@@H](OS(=O)(=O)O)C(C)C)C3[C@H](O)C[C@H]2C1.[NH3+]CCC[NH3+]. The molecule has 278 valence electrons. The van der Waals surface area contributed by atoms with E-state index in [2.05, 4.69) is 49.8 Å². The Morgan fingerprint density at radius 1 is 0.872 bits per heavy atom. The summed E-state index contributed by atoms with van der Waals surface area (Å²) in [7, 11) is -4.45. The van der Waals surface area contributed by atoms with E-state index < -0.39 is 16.5 Å². The number of rotatable bonds is 17. The Balaban J connectivity index is 0.00000111. The summed E-state index contributed by atoms with van der Waals surface area (Å²) in [6.07, 6.45) is 15.3. The van der Waals surface area contributed by atoms with Crippen LogP contribution in [0.3, 0.4) is 0 Å². The Bertz CT molecular complexity index is 1010. The van der Waals surface area contributed by atoms with Crippen molar-refractivity contribution in [1.29, 1.82) is 0 Å². The Labute approximate surface area is 288 Å². The molecule has 9 nitrogen and oxygen atoms in total. The number of hydrogen-bond donors (Lipinski definition) is 6. The minimum absolute atomic E-state index is 0.0189. The van der Waals surface area contributed by atoms with E-state index >= 15 is 0 Å². The standard InChI is InChI=1S/C34H64N2O5S.C3H10N2/c1-7-8-18-35-19-9-20-36-26-14-16-33(5)25(21-26)22-30(37)32-28-12-11-27(34(28,6)17-15-29(32)33)24(4)10-13-31(23(2)3)41-42(38,39)40;4-2-1-3-5/h23-32,35-37H,7-22H2,1-6H3,(H,38,39,40);1-5H2/p+2/t24-,25-,26+,27?,28?,29?,30-,31-,32?,33+,34-;/m1./s1. The third-order valence-electron chi connectivity index (χ3n) is 13.5. The van der Waals surface area contributed by atoms with Gasteiger partial charge >= 0.3 is 10.4 Å². The Hall–Kier alpha value is -0.330. The van der Waals surface area contributed by atoms with Gasteiger partial charge in [0.25, 0.3) is 0 Å². The summed E-state index contributed by atoms with van der Waals surface area (Å²) < 4.78 is 37.1.